The third kappa shape index (κ3) is 2.79. The fourth-order valence-corrected chi connectivity index (χ4v) is 2.85. The van der Waals surface area contributed by atoms with Gasteiger partial charge in [0, 0.05) is 25.0 Å². The normalized spacial score (nSPS) is 17.1. The predicted octanol–water partition coefficient (Wildman–Crippen LogP) is 0.583. The van der Waals surface area contributed by atoms with Crippen LogP contribution in [0.1, 0.15) is 6.42 Å². The zero-order chi connectivity index (χ0) is 13.9. The van der Waals surface area contributed by atoms with Gasteiger partial charge in [-0.05, 0) is 24.5 Å². The molecule has 1 unspecified atom stereocenters. The van der Waals surface area contributed by atoms with E-state index in [0.29, 0.717) is 12.5 Å². The average molecular weight is 291 g/mol. The van der Waals surface area contributed by atoms with Crippen LogP contribution in [0.2, 0.25) is 0 Å². The molecular formula is C13H17N5OS. The summed E-state index contributed by atoms with van der Waals surface area (Å²) in [5.41, 5.74) is 0.973. The van der Waals surface area contributed by atoms with Crippen LogP contribution in [-0.4, -0.2) is 33.8 Å². The second-order valence-corrected chi connectivity index (χ2v) is 5.85. The van der Waals surface area contributed by atoms with Crippen molar-refractivity contribution in [1.82, 2.24) is 14.7 Å². The minimum absolute atomic E-state index is 0.597. The molecule has 0 spiro atoms. The molecule has 106 valence electrons. The number of rotatable bonds is 5. The largest absolute Gasteiger partial charge is 0.355 e. The van der Waals surface area contributed by atoms with Crippen LogP contribution in [0, 0.1) is 5.92 Å². The highest BCUT2D eigenvalue weighted by Gasteiger charge is 2.28. The Hall–Kier alpha value is -1.57. The molecule has 0 radical (unpaired) electrons. The molecule has 0 bridgehead atoms. The number of hydrogen-bond acceptors (Lipinski definition) is 4. The van der Waals surface area contributed by atoms with Crippen LogP contribution in [0.15, 0.2) is 30.6 Å². The SMILES string of the molecule is NS(=O)NCCC1CN(c2ncnc3ccccc23)C1. The third-order valence-electron chi connectivity index (χ3n) is 3.58. The Bertz CT molecular complexity index is 624. The minimum Gasteiger partial charge on any atom is -0.355 e. The summed E-state index contributed by atoms with van der Waals surface area (Å²) in [5, 5.41) is 6.24. The fourth-order valence-electron chi connectivity index (χ4n) is 2.53. The van der Waals surface area contributed by atoms with E-state index in [1.807, 2.05) is 18.2 Å². The molecule has 1 atom stereocenters. The first-order valence-corrected chi connectivity index (χ1v) is 7.79. The van der Waals surface area contributed by atoms with Gasteiger partial charge >= 0.3 is 0 Å². The van der Waals surface area contributed by atoms with Gasteiger partial charge in [0.2, 0.25) is 0 Å². The molecule has 3 rings (SSSR count). The average Bonchev–Trinajstić information content (AvgIpc) is 2.41. The molecule has 2 aromatic rings. The number of anilines is 1. The standard InChI is InChI=1S/C13H17N5OS/c14-20(19)17-6-5-10-7-18(8-10)13-11-3-1-2-4-12(11)15-9-16-13/h1-4,9-10,17H,5-8,14H2. The lowest BCUT2D eigenvalue weighted by atomic mass is 9.96. The van der Waals surface area contributed by atoms with Crippen molar-refractivity contribution in [2.75, 3.05) is 24.5 Å². The maximum Gasteiger partial charge on any atom is 0.164 e. The van der Waals surface area contributed by atoms with Gasteiger partial charge in [0.15, 0.2) is 11.2 Å². The van der Waals surface area contributed by atoms with E-state index in [4.69, 9.17) is 5.14 Å². The van der Waals surface area contributed by atoms with Crippen molar-refractivity contribution in [2.24, 2.45) is 11.1 Å². The second kappa shape index (κ2) is 5.82. The highest BCUT2D eigenvalue weighted by atomic mass is 32.2. The van der Waals surface area contributed by atoms with E-state index < -0.39 is 11.2 Å². The smallest absolute Gasteiger partial charge is 0.164 e. The lowest BCUT2D eigenvalue weighted by Crippen LogP contribution is -2.48. The van der Waals surface area contributed by atoms with Gasteiger partial charge in [0.05, 0.1) is 5.52 Å². The van der Waals surface area contributed by atoms with Gasteiger partial charge in [-0.25, -0.2) is 24.0 Å². The van der Waals surface area contributed by atoms with Crippen molar-refractivity contribution in [3.63, 3.8) is 0 Å². The molecule has 6 nitrogen and oxygen atoms in total. The molecule has 20 heavy (non-hydrogen) atoms. The molecule has 2 heterocycles. The number of benzene rings is 1. The van der Waals surface area contributed by atoms with Crippen molar-refractivity contribution in [3.05, 3.63) is 30.6 Å². The zero-order valence-corrected chi connectivity index (χ0v) is 11.8. The number of hydrogen-bond donors (Lipinski definition) is 2. The number of nitrogens with zero attached hydrogens (tertiary/aromatic N) is 3. The van der Waals surface area contributed by atoms with Crippen LogP contribution in [0.25, 0.3) is 10.9 Å². The van der Waals surface area contributed by atoms with E-state index in [2.05, 4.69) is 25.7 Å². The minimum atomic E-state index is -1.41. The number of para-hydroxylation sites is 1. The van der Waals surface area contributed by atoms with Crippen LogP contribution in [0.3, 0.4) is 0 Å². The van der Waals surface area contributed by atoms with Gasteiger partial charge in [0.25, 0.3) is 0 Å². The summed E-state index contributed by atoms with van der Waals surface area (Å²) in [6.07, 6.45) is 2.59. The molecule has 3 N–H and O–H groups in total. The topological polar surface area (TPSA) is 84.1 Å². The first kappa shape index (κ1) is 13.4. The third-order valence-corrected chi connectivity index (χ3v) is 4.06. The van der Waals surface area contributed by atoms with Crippen molar-refractivity contribution >= 4 is 27.9 Å². The Labute approximate surface area is 120 Å². The Morgan fingerprint density at radius 1 is 1.35 bits per heavy atom. The highest BCUT2D eigenvalue weighted by Crippen LogP contribution is 2.29. The molecule has 1 aromatic heterocycles. The molecule has 7 heteroatoms. The van der Waals surface area contributed by atoms with Crippen LogP contribution < -0.4 is 14.8 Å². The van der Waals surface area contributed by atoms with Crippen LogP contribution in [-0.2, 0) is 11.2 Å². The fraction of sp³-hybridized carbons (Fsp3) is 0.385. The lowest BCUT2D eigenvalue weighted by molar-refractivity contribution is 0.383. The summed E-state index contributed by atoms with van der Waals surface area (Å²) in [4.78, 5) is 10.9. The monoisotopic (exact) mass is 291 g/mol. The molecule has 1 aliphatic heterocycles. The maximum atomic E-state index is 10.7. The molecule has 1 aliphatic rings. The van der Waals surface area contributed by atoms with E-state index in [9.17, 15) is 4.21 Å². The Morgan fingerprint density at radius 3 is 2.95 bits per heavy atom. The van der Waals surface area contributed by atoms with Gasteiger partial charge in [-0.3, -0.25) is 0 Å². The Kier molecular flexibility index (Phi) is 3.90. The molecule has 1 fully saturated rings. The predicted molar refractivity (Wildman–Crippen MR) is 80.2 cm³/mol. The van der Waals surface area contributed by atoms with Crippen molar-refractivity contribution in [2.45, 2.75) is 6.42 Å². The van der Waals surface area contributed by atoms with E-state index in [-0.39, 0.29) is 0 Å². The number of nitrogens with two attached hydrogens (primary N) is 1. The first-order chi connectivity index (χ1) is 9.74. The van der Waals surface area contributed by atoms with Gasteiger partial charge < -0.3 is 4.90 Å². The molecular weight excluding hydrogens is 274 g/mol. The van der Waals surface area contributed by atoms with Gasteiger partial charge in [-0.15, -0.1) is 0 Å². The molecule has 0 amide bonds. The van der Waals surface area contributed by atoms with Crippen molar-refractivity contribution < 1.29 is 4.21 Å². The van der Waals surface area contributed by atoms with E-state index >= 15 is 0 Å². The summed E-state index contributed by atoms with van der Waals surface area (Å²) < 4.78 is 13.4. The molecule has 0 aliphatic carbocycles. The summed E-state index contributed by atoms with van der Waals surface area (Å²) in [5.74, 6) is 1.60. The Balaban J connectivity index is 1.63. The van der Waals surface area contributed by atoms with E-state index in [1.165, 1.54) is 0 Å². The van der Waals surface area contributed by atoms with Crippen LogP contribution >= 0.6 is 0 Å². The van der Waals surface area contributed by atoms with Gasteiger partial charge in [-0.1, -0.05) is 12.1 Å². The van der Waals surface area contributed by atoms with Crippen molar-refractivity contribution in [3.8, 4) is 0 Å². The number of fused-ring (bicyclic) bond motifs is 1. The summed E-state index contributed by atoms with van der Waals surface area (Å²) in [7, 11) is 0. The van der Waals surface area contributed by atoms with E-state index in [0.717, 1.165) is 36.2 Å². The van der Waals surface area contributed by atoms with Gasteiger partial charge in [-0.2, -0.15) is 0 Å². The number of nitrogens with one attached hydrogen (secondary N) is 1. The summed E-state index contributed by atoms with van der Waals surface area (Å²) in [6, 6.07) is 8.04. The molecule has 1 aromatic carbocycles. The lowest BCUT2D eigenvalue weighted by Gasteiger charge is -2.40. The van der Waals surface area contributed by atoms with Crippen LogP contribution in [0.5, 0.6) is 0 Å². The highest BCUT2D eigenvalue weighted by molar-refractivity contribution is 7.80. The molecule has 0 saturated carbocycles. The second-order valence-electron chi connectivity index (χ2n) is 4.97. The van der Waals surface area contributed by atoms with Crippen LogP contribution in [0.4, 0.5) is 5.82 Å². The summed E-state index contributed by atoms with van der Waals surface area (Å²) in [6.45, 7) is 2.63. The van der Waals surface area contributed by atoms with Crippen molar-refractivity contribution in [1.29, 1.82) is 0 Å². The maximum absolute atomic E-state index is 10.7. The zero-order valence-electron chi connectivity index (χ0n) is 11.0. The molecule has 1 saturated heterocycles. The van der Waals surface area contributed by atoms with Gasteiger partial charge in [0.1, 0.15) is 12.1 Å². The Morgan fingerprint density at radius 2 is 2.15 bits per heavy atom. The van der Waals surface area contributed by atoms with E-state index in [1.54, 1.807) is 6.33 Å². The quantitative estimate of drug-likeness (QED) is 0.844. The summed E-state index contributed by atoms with van der Waals surface area (Å²) >= 11 is -1.41. The number of aromatic nitrogens is 2. The first-order valence-electron chi connectivity index (χ1n) is 6.58.